The standard InChI is InChI=1S/C20H14N6.C2HF3O/c1-2-4-18(15-6-3-5-14(9-15)10-21)26-12-16(11-25-26)19-17-7-8-22-20(17)24-13-23-19;3-2(4,5)1-6/h1,3,5-9,11-13,18H,4H2,(H,22,23,24);1H. The smallest absolute Gasteiger partial charge is 0.346 e. The lowest BCUT2D eigenvalue weighted by molar-refractivity contribution is -0.156. The first-order valence-corrected chi connectivity index (χ1v) is 9.15. The van der Waals surface area contributed by atoms with Crippen molar-refractivity contribution in [3.8, 4) is 29.7 Å². The largest absolute Gasteiger partial charge is 0.446 e. The van der Waals surface area contributed by atoms with Gasteiger partial charge in [-0.15, -0.1) is 12.3 Å². The molecule has 3 heterocycles. The highest BCUT2D eigenvalue weighted by Gasteiger charge is 2.25. The molecule has 1 N–H and O–H groups in total. The summed E-state index contributed by atoms with van der Waals surface area (Å²) < 4.78 is 33.1. The first-order chi connectivity index (χ1) is 15.4. The molecule has 3 aromatic heterocycles. The monoisotopic (exact) mass is 436 g/mol. The van der Waals surface area contributed by atoms with Crippen LogP contribution in [0, 0.1) is 23.7 Å². The number of hydrogen-bond donors (Lipinski definition) is 1. The van der Waals surface area contributed by atoms with E-state index in [1.807, 2.05) is 41.3 Å². The number of nitrogens with one attached hydrogen (secondary N) is 1. The molecule has 0 spiro atoms. The van der Waals surface area contributed by atoms with Gasteiger partial charge in [0.1, 0.15) is 12.0 Å². The number of aromatic amines is 1. The Morgan fingerprint density at radius 3 is 2.75 bits per heavy atom. The summed E-state index contributed by atoms with van der Waals surface area (Å²) in [6.45, 7) is 0. The Balaban J connectivity index is 0.000000427. The molecule has 0 radical (unpaired) electrons. The average Bonchev–Trinajstić information content (AvgIpc) is 3.47. The summed E-state index contributed by atoms with van der Waals surface area (Å²) in [5.41, 5.74) is 4.03. The number of nitrogens with zero attached hydrogens (tertiary/aromatic N) is 5. The third-order valence-electron chi connectivity index (χ3n) is 4.39. The van der Waals surface area contributed by atoms with E-state index in [0.717, 1.165) is 27.9 Å². The predicted molar refractivity (Wildman–Crippen MR) is 110 cm³/mol. The zero-order chi connectivity index (χ0) is 23.1. The van der Waals surface area contributed by atoms with Gasteiger partial charge in [-0.2, -0.15) is 23.5 Å². The minimum atomic E-state index is -4.64. The van der Waals surface area contributed by atoms with E-state index in [-0.39, 0.29) is 6.04 Å². The van der Waals surface area contributed by atoms with Crippen LogP contribution >= 0.6 is 0 Å². The van der Waals surface area contributed by atoms with Gasteiger partial charge in [-0.3, -0.25) is 9.48 Å². The molecule has 1 aromatic carbocycles. The van der Waals surface area contributed by atoms with E-state index in [2.05, 4.69) is 32.0 Å². The number of nitriles is 1. The Bertz CT molecular complexity index is 1310. The number of fused-ring (bicyclic) bond motifs is 1. The van der Waals surface area contributed by atoms with Crippen LogP contribution in [-0.4, -0.2) is 37.2 Å². The lowest BCUT2D eigenvalue weighted by Gasteiger charge is -2.15. The van der Waals surface area contributed by atoms with E-state index in [4.69, 9.17) is 16.5 Å². The van der Waals surface area contributed by atoms with Crippen LogP contribution in [0.4, 0.5) is 13.2 Å². The van der Waals surface area contributed by atoms with Gasteiger partial charge in [0.05, 0.1) is 29.6 Å². The maximum Gasteiger partial charge on any atom is 0.446 e. The van der Waals surface area contributed by atoms with Crippen molar-refractivity contribution in [1.82, 2.24) is 24.7 Å². The van der Waals surface area contributed by atoms with Gasteiger partial charge in [0.25, 0.3) is 0 Å². The number of alkyl halides is 3. The van der Waals surface area contributed by atoms with E-state index in [1.165, 1.54) is 6.33 Å². The molecule has 4 rings (SSSR count). The van der Waals surface area contributed by atoms with Gasteiger partial charge in [-0.05, 0) is 23.8 Å². The van der Waals surface area contributed by atoms with Gasteiger partial charge in [-0.25, -0.2) is 9.97 Å². The van der Waals surface area contributed by atoms with Crippen LogP contribution in [0.5, 0.6) is 0 Å². The number of halogens is 3. The lowest BCUT2D eigenvalue weighted by Crippen LogP contribution is -2.10. The summed E-state index contributed by atoms with van der Waals surface area (Å²) in [4.78, 5) is 20.4. The Kier molecular flexibility index (Phi) is 6.66. The topological polar surface area (TPSA) is 100 Å². The fourth-order valence-electron chi connectivity index (χ4n) is 3.02. The number of aldehydes is 1. The lowest BCUT2D eigenvalue weighted by atomic mass is 10.0. The number of carbonyl (C=O) groups is 1. The maximum atomic E-state index is 10.4. The highest BCUT2D eigenvalue weighted by molar-refractivity contribution is 5.89. The van der Waals surface area contributed by atoms with Gasteiger partial charge >= 0.3 is 6.18 Å². The van der Waals surface area contributed by atoms with Crippen molar-refractivity contribution in [1.29, 1.82) is 5.26 Å². The second-order valence-electron chi connectivity index (χ2n) is 6.49. The molecule has 10 heteroatoms. The fraction of sp³-hybridized carbons (Fsp3) is 0.136. The minimum Gasteiger partial charge on any atom is -0.346 e. The number of rotatable bonds is 4. The van der Waals surface area contributed by atoms with E-state index < -0.39 is 12.5 Å². The van der Waals surface area contributed by atoms with Crippen LogP contribution in [0.2, 0.25) is 0 Å². The minimum absolute atomic E-state index is 0.148. The Hall–Kier alpha value is -4.44. The van der Waals surface area contributed by atoms with E-state index >= 15 is 0 Å². The molecule has 0 saturated carbocycles. The Morgan fingerprint density at radius 1 is 1.28 bits per heavy atom. The molecular weight excluding hydrogens is 421 g/mol. The second-order valence-corrected chi connectivity index (χ2v) is 6.49. The van der Waals surface area contributed by atoms with E-state index in [9.17, 15) is 13.2 Å². The van der Waals surface area contributed by atoms with Crippen LogP contribution in [0.25, 0.3) is 22.3 Å². The normalized spacial score (nSPS) is 11.7. The molecule has 0 bridgehead atoms. The van der Waals surface area contributed by atoms with Gasteiger partial charge in [0, 0.05) is 29.8 Å². The van der Waals surface area contributed by atoms with Crippen molar-refractivity contribution >= 4 is 17.3 Å². The number of benzene rings is 1. The quantitative estimate of drug-likeness (QED) is 0.384. The first-order valence-electron chi connectivity index (χ1n) is 9.15. The summed E-state index contributed by atoms with van der Waals surface area (Å²) in [6, 6.07) is 11.4. The highest BCUT2D eigenvalue weighted by Crippen LogP contribution is 2.28. The molecule has 7 nitrogen and oxygen atoms in total. The zero-order valence-corrected chi connectivity index (χ0v) is 16.4. The molecule has 32 heavy (non-hydrogen) atoms. The van der Waals surface area contributed by atoms with Crippen LogP contribution in [-0.2, 0) is 4.79 Å². The molecule has 1 atom stereocenters. The van der Waals surface area contributed by atoms with Crippen LogP contribution in [0.1, 0.15) is 23.6 Å². The first kappa shape index (κ1) is 22.2. The zero-order valence-electron chi connectivity index (χ0n) is 16.4. The van der Waals surface area contributed by atoms with Crippen LogP contribution in [0.3, 0.4) is 0 Å². The summed E-state index contributed by atoms with van der Waals surface area (Å²) in [5.74, 6) is 2.70. The van der Waals surface area contributed by atoms with Crippen molar-refractivity contribution < 1.29 is 18.0 Å². The molecule has 0 aliphatic carbocycles. The van der Waals surface area contributed by atoms with E-state index in [1.54, 1.807) is 12.3 Å². The second kappa shape index (κ2) is 9.58. The van der Waals surface area contributed by atoms with Gasteiger partial charge in [0.15, 0.2) is 0 Å². The third kappa shape index (κ3) is 5.18. The average molecular weight is 436 g/mol. The molecule has 0 amide bonds. The molecule has 0 fully saturated rings. The predicted octanol–water partition coefficient (Wildman–Crippen LogP) is 4.05. The van der Waals surface area contributed by atoms with Crippen LogP contribution in [0.15, 0.2) is 55.2 Å². The maximum absolute atomic E-state index is 10.4. The summed E-state index contributed by atoms with van der Waals surface area (Å²) in [5, 5.41) is 14.6. The number of H-pyrrole nitrogens is 1. The van der Waals surface area contributed by atoms with Crippen LogP contribution < -0.4 is 0 Å². The number of carbonyl (C=O) groups excluding carboxylic acids is 1. The van der Waals surface area contributed by atoms with E-state index in [0.29, 0.717) is 12.0 Å². The highest BCUT2D eigenvalue weighted by atomic mass is 19.4. The molecule has 0 saturated heterocycles. The molecule has 0 aliphatic heterocycles. The Labute approximate surface area is 180 Å². The number of hydrogen-bond acceptors (Lipinski definition) is 5. The van der Waals surface area contributed by atoms with Gasteiger partial charge in [0.2, 0.25) is 6.29 Å². The molecule has 1 unspecified atom stereocenters. The van der Waals surface area contributed by atoms with Crippen molar-refractivity contribution in [2.75, 3.05) is 0 Å². The molecule has 4 aromatic rings. The SMILES string of the molecule is C#CCC(c1cccc(C#N)c1)n1cc(-c2ncnc3[nH]ccc23)cn1.O=CC(F)(F)F. The molecule has 160 valence electrons. The third-order valence-corrected chi connectivity index (χ3v) is 4.39. The van der Waals surface area contributed by atoms with Crippen molar-refractivity contribution in [2.45, 2.75) is 18.6 Å². The summed E-state index contributed by atoms with van der Waals surface area (Å²) >= 11 is 0. The van der Waals surface area contributed by atoms with Crippen molar-refractivity contribution in [3.05, 3.63) is 66.4 Å². The van der Waals surface area contributed by atoms with Gasteiger partial charge < -0.3 is 4.98 Å². The van der Waals surface area contributed by atoms with Gasteiger partial charge in [-0.1, -0.05) is 12.1 Å². The summed E-state index contributed by atoms with van der Waals surface area (Å²) in [7, 11) is 0. The Morgan fingerprint density at radius 2 is 2.06 bits per heavy atom. The number of aromatic nitrogens is 5. The van der Waals surface area contributed by atoms with Crippen molar-refractivity contribution in [2.24, 2.45) is 0 Å². The number of terminal acetylenes is 1. The fourth-order valence-corrected chi connectivity index (χ4v) is 3.02. The molecule has 0 aliphatic rings. The summed E-state index contributed by atoms with van der Waals surface area (Å²) in [6.07, 6.45) is 7.40. The van der Waals surface area contributed by atoms with Crippen molar-refractivity contribution in [3.63, 3.8) is 0 Å². The molecular formula is C22H15F3N6O.